The summed E-state index contributed by atoms with van der Waals surface area (Å²) in [7, 11) is -3.32. The number of hydrogen-bond donors (Lipinski definition) is 1. The summed E-state index contributed by atoms with van der Waals surface area (Å²) in [6.07, 6.45) is 3.06. The van der Waals surface area contributed by atoms with Crippen LogP contribution in [0, 0.1) is 0 Å². The van der Waals surface area contributed by atoms with Gasteiger partial charge in [-0.25, -0.2) is 22.2 Å². The van der Waals surface area contributed by atoms with Gasteiger partial charge in [-0.3, -0.25) is 4.79 Å². The molecule has 0 saturated heterocycles. The van der Waals surface area contributed by atoms with Gasteiger partial charge in [0.1, 0.15) is 17.5 Å². The fourth-order valence-corrected chi connectivity index (χ4v) is 3.38. The molecule has 1 saturated carbocycles. The zero-order valence-electron chi connectivity index (χ0n) is 17.9. The Balaban J connectivity index is 2.25. The largest absolute Gasteiger partial charge is 0.474 e. The number of carbonyl (C=O) groups excluding carboxylic acids is 1. The summed E-state index contributed by atoms with van der Waals surface area (Å²) < 4.78 is 55.3. The van der Waals surface area contributed by atoms with Crippen molar-refractivity contribution in [2.45, 2.75) is 76.9 Å². The molecule has 0 radical (unpaired) electrons. The van der Waals surface area contributed by atoms with Gasteiger partial charge in [0.2, 0.25) is 11.8 Å². The summed E-state index contributed by atoms with van der Waals surface area (Å²) in [5.41, 5.74) is -0.335. The van der Waals surface area contributed by atoms with E-state index in [-0.39, 0.29) is 37.1 Å². The van der Waals surface area contributed by atoms with E-state index in [4.69, 9.17) is 4.74 Å². The van der Waals surface area contributed by atoms with Crippen molar-refractivity contribution in [3.8, 4) is 5.88 Å². The van der Waals surface area contributed by atoms with Gasteiger partial charge < -0.3 is 10.1 Å². The van der Waals surface area contributed by atoms with Crippen LogP contribution in [0.1, 0.15) is 69.6 Å². The fraction of sp³-hybridized carbons (Fsp3) is 0.650. The zero-order valence-corrected chi connectivity index (χ0v) is 18.7. The van der Waals surface area contributed by atoms with Crippen LogP contribution in [0.15, 0.2) is 17.7 Å². The zero-order chi connectivity index (χ0) is 22.7. The number of sulfone groups is 1. The molecule has 1 aliphatic carbocycles. The Morgan fingerprint density at radius 2 is 1.93 bits per heavy atom. The van der Waals surface area contributed by atoms with Crippen molar-refractivity contribution >= 4 is 15.7 Å². The van der Waals surface area contributed by atoms with Crippen LogP contribution in [0.25, 0.3) is 0 Å². The second-order valence-corrected chi connectivity index (χ2v) is 10.7. The van der Waals surface area contributed by atoms with Gasteiger partial charge >= 0.3 is 0 Å². The maximum Gasteiger partial charge on any atom is 0.258 e. The van der Waals surface area contributed by atoms with E-state index < -0.39 is 39.2 Å². The van der Waals surface area contributed by atoms with Crippen LogP contribution in [0.5, 0.6) is 5.88 Å². The summed E-state index contributed by atoms with van der Waals surface area (Å²) in [5.74, 6) is -2.73. The van der Waals surface area contributed by atoms with Gasteiger partial charge in [-0.05, 0) is 19.8 Å². The van der Waals surface area contributed by atoms with Gasteiger partial charge in [0.05, 0.1) is 0 Å². The first-order valence-corrected chi connectivity index (χ1v) is 11.7. The first kappa shape index (κ1) is 24.2. The number of alkyl halides is 2. The number of hydrogen-bond acceptors (Lipinski definition) is 6. The number of amides is 1. The first-order chi connectivity index (χ1) is 13.7. The Hall–Kier alpha value is -2.10. The van der Waals surface area contributed by atoms with Gasteiger partial charge in [0, 0.05) is 42.2 Å². The molecule has 30 heavy (non-hydrogen) atoms. The Labute approximate surface area is 176 Å². The molecule has 1 aliphatic rings. The first-order valence-electron chi connectivity index (χ1n) is 9.77. The minimum absolute atomic E-state index is 0.0435. The lowest BCUT2D eigenvalue weighted by Gasteiger charge is -2.29. The molecule has 0 spiro atoms. The monoisotopic (exact) mass is 445 g/mol. The van der Waals surface area contributed by atoms with Gasteiger partial charge in [-0.1, -0.05) is 26.8 Å². The normalized spacial score (nSPS) is 18.9. The maximum absolute atomic E-state index is 13.4. The molecule has 10 heteroatoms. The van der Waals surface area contributed by atoms with Crippen LogP contribution in [0.4, 0.5) is 8.78 Å². The molecule has 1 aromatic rings. The second kappa shape index (κ2) is 8.95. The highest BCUT2D eigenvalue weighted by Crippen LogP contribution is 2.35. The van der Waals surface area contributed by atoms with Crippen LogP contribution in [0.3, 0.4) is 0 Å². The highest BCUT2D eigenvalue weighted by molar-refractivity contribution is 7.93. The van der Waals surface area contributed by atoms with Crippen molar-refractivity contribution < 1.29 is 26.7 Å². The lowest BCUT2D eigenvalue weighted by atomic mass is 9.94. The van der Waals surface area contributed by atoms with E-state index in [0.717, 1.165) is 11.7 Å². The molecule has 168 valence electrons. The van der Waals surface area contributed by atoms with Crippen LogP contribution < -0.4 is 10.1 Å². The summed E-state index contributed by atoms with van der Waals surface area (Å²) in [4.78, 5) is 21.4. The molecule has 1 fully saturated rings. The predicted octanol–water partition coefficient (Wildman–Crippen LogP) is 3.41. The highest BCUT2D eigenvalue weighted by atomic mass is 32.2. The summed E-state index contributed by atoms with van der Waals surface area (Å²) in [5, 5.41) is 3.66. The summed E-state index contributed by atoms with van der Waals surface area (Å²) in [6, 6.07) is -0.573. The van der Waals surface area contributed by atoms with Crippen molar-refractivity contribution in [3.05, 3.63) is 29.1 Å². The van der Waals surface area contributed by atoms with E-state index in [9.17, 15) is 22.0 Å². The molecule has 1 heterocycles. The topological polar surface area (TPSA) is 98.2 Å². The molecule has 0 bridgehead atoms. The van der Waals surface area contributed by atoms with E-state index >= 15 is 0 Å². The molecule has 1 unspecified atom stereocenters. The summed E-state index contributed by atoms with van der Waals surface area (Å²) >= 11 is 0. The molecular weight excluding hydrogens is 416 g/mol. The molecule has 1 atom stereocenters. The van der Waals surface area contributed by atoms with Crippen LogP contribution in [0.2, 0.25) is 0 Å². The second-order valence-electron chi connectivity index (χ2n) is 8.76. The van der Waals surface area contributed by atoms with Gasteiger partial charge in [-0.2, -0.15) is 4.98 Å². The minimum Gasteiger partial charge on any atom is -0.474 e. The summed E-state index contributed by atoms with van der Waals surface area (Å²) in [6.45, 7) is 7.34. The SMILES string of the molecule is CC(/C=C/S(C)(=O)=O)NC(=O)c1cnc(C(C)(C)C)nc1OC1CCC(F)(F)CC1. The Morgan fingerprint density at radius 3 is 2.47 bits per heavy atom. The van der Waals surface area contributed by atoms with E-state index in [1.165, 1.54) is 12.3 Å². The average molecular weight is 446 g/mol. The number of aromatic nitrogens is 2. The number of halogens is 2. The third-order valence-electron chi connectivity index (χ3n) is 4.58. The van der Waals surface area contributed by atoms with Gasteiger partial charge in [-0.15, -0.1) is 0 Å². The standard InChI is InChI=1S/C20H29F2N3O4S/c1-13(8-11-30(5,27)28)24-16(26)15-12-23-18(19(2,3)4)25-17(15)29-14-6-9-20(21,22)10-7-14/h8,11-14H,6-7,9-10H2,1-5H3,(H,24,26)/b11-8+. The van der Waals surface area contributed by atoms with E-state index in [0.29, 0.717) is 5.82 Å². The molecular formula is C20H29F2N3O4S. The van der Waals surface area contributed by atoms with Crippen molar-refractivity contribution in [1.29, 1.82) is 0 Å². The fourth-order valence-electron chi connectivity index (χ4n) is 2.86. The number of carbonyl (C=O) groups is 1. The molecule has 7 nitrogen and oxygen atoms in total. The average Bonchev–Trinajstić information content (AvgIpc) is 2.60. The van der Waals surface area contributed by atoms with Crippen molar-refractivity contribution in [2.24, 2.45) is 0 Å². The maximum atomic E-state index is 13.4. The highest BCUT2D eigenvalue weighted by Gasteiger charge is 2.36. The number of ether oxygens (including phenoxy) is 1. The lowest BCUT2D eigenvalue weighted by molar-refractivity contribution is -0.0589. The molecule has 1 aromatic heterocycles. The third kappa shape index (κ3) is 7.30. The van der Waals surface area contributed by atoms with E-state index in [1.807, 2.05) is 20.8 Å². The molecule has 2 rings (SSSR count). The van der Waals surface area contributed by atoms with Crippen molar-refractivity contribution in [3.63, 3.8) is 0 Å². The Kier molecular flexibility index (Phi) is 7.21. The number of nitrogens with zero attached hydrogens (tertiary/aromatic N) is 2. The van der Waals surface area contributed by atoms with Crippen LogP contribution >= 0.6 is 0 Å². The van der Waals surface area contributed by atoms with Gasteiger partial charge in [0.25, 0.3) is 5.91 Å². The smallest absolute Gasteiger partial charge is 0.258 e. The third-order valence-corrected chi connectivity index (χ3v) is 5.24. The molecule has 0 aliphatic heterocycles. The van der Waals surface area contributed by atoms with E-state index in [2.05, 4.69) is 15.3 Å². The van der Waals surface area contributed by atoms with E-state index in [1.54, 1.807) is 6.92 Å². The lowest BCUT2D eigenvalue weighted by Crippen LogP contribution is -2.34. The Morgan fingerprint density at radius 1 is 1.33 bits per heavy atom. The van der Waals surface area contributed by atoms with Crippen LogP contribution in [-0.2, 0) is 15.3 Å². The Bertz CT molecular complexity index is 901. The van der Waals surface area contributed by atoms with Gasteiger partial charge in [0.15, 0.2) is 9.84 Å². The molecule has 1 amide bonds. The molecule has 1 N–H and O–H groups in total. The molecule has 0 aromatic carbocycles. The van der Waals surface area contributed by atoms with Crippen LogP contribution in [-0.4, -0.2) is 48.6 Å². The minimum atomic E-state index is -3.32. The van der Waals surface area contributed by atoms with Crippen molar-refractivity contribution in [2.75, 3.05) is 6.26 Å². The predicted molar refractivity (Wildman–Crippen MR) is 109 cm³/mol. The quantitative estimate of drug-likeness (QED) is 0.721. The van der Waals surface area contributed by atoms with Crippen molar-refractivity contribution in [1.82, 2.24) is 15.3 Å². The number of rotatable bonds is 6. The number of nitrogens with one attached hydrogen (secondary N) is 1.